The van der Waals surface area contributed by atoms with Crippen molar-refractivity contribution in [1.29, 1.82) is 0 Å². The minimum Gasteiger partial charge on any atom is -0.490 e. The van der Waals surface area contributed by atoms with Crippen LogP contribution in [-0.4, -0.2) is 53.1 Å². The Kier molecular flexibility index (Phi) is 4.89. The maximum Gasteiger partial charge on any atom is 0.261 e. The Hall–Kier alpha value is -3.29. The van der Waals surface area contributed by atoms with Gasteiger partial charge in [0.15, 0.2) is 0 Å². The fourth-order valence-corrected chi connectivity index (χ4v) is 4.98. The number of anilines is 1. The van der Waals surface area contributed by atoms with E-state index in [-0.39, 0.29) is 30.1 Å². The van der Waals surface area contributed by atoms with Crippen molar-refractivity contribution in [2.75, 3.05) is 18.5 Å². The second-order valence-electron chi connectivity index (χ2n) is 9.43. The zero-order chi connectivity index (χ0) is 22.5. The van der Waals surface area contributed by atoms with Crippen molar-refractivity contribution in [3.05, 3.63) is 41.1 Å². The number of nitrogens with zero attached hydrogens (tertiary/aromatic N) is 2. The predicted octanol–water partition coefficient (Wildman–Crippen LogP) is 3.26. The summed E-state index contributed by atoms with van der Waals surface area (Å²) in [7, 11) is 0. The number of ether oxygens (including phenoxy) is 3. The second-order valence-corrected chi connectivity index (χ2v) is 9.43. The van der Waals surface area contributed by atoms with Gasteiger partial charge in [-0.3, -0.25) is 9.59 Å². The van der Waals surface area contributed by atoms with Gasteiger partial charge >= 0.3 is 0 Å². The lowest BCUT2D eigenvalue weighted by Crippen LogP contribution is -2.37. The summed E-state index contributed by atoms with van der Waals surface area (Å²) < 4.78 is 18.4. The van der Waals surface area contributed by atoms with Crippen molar-refractivity contribution in [3.8, 4) is 17.4 Å². The standard InChI is InChI=1S/C25H27N3O5/c1-14-7-20-24(21(8-14)32-17-3-2-4-17)25(30)28-12-18(9-16(28)13-31-20)33-23-10-19-15(11-26-23)5-6-22(29)27-19/h7-8,10-11,16-18H,2-6,9,12-13H2,1H3,(H,27,29)/t16-,18+/m1/s1. The Bertz CT molecular complexity index is 1130. The molecule has 2 fully saturated rings. The van der Waals surface area contributed by atoms with Crippen molar-refractivity contribution in [3.63, 3.8) is 0 Å². The number of hydrogen-bond acceptors (Lipinski definition) is 6. The minimum absolute atomic E-state index is 0.00506. The molecular formula is C25H27N3O5. The van der Waals surface area contributed by atoms with Crippen LogP contribution in [0.3, 0.4) is 0 Å². The lowest BCUT2D eigenvalue weighted by molar-refractivity contribution is -0.116. The van der Waals surface area contributed by atoms with Crippen LogP contribution in [0.5, 0.6) is 17.4 Å². The Morgan fingerprint density at radius 3 is 2.82 bits per heavy atom. The van der Waals surface area contributed by atoms with Crippen LogP contribution in [-0.2, 0) is 11.2 Å². The van der Waals surface area contributed by atoms with Gasteiger partial charge in [-0.2, -0.15) is 0 Å². The van der Waals surface area contributed by atoms with Crippen LogP contribution < -0.4 is 19.5 Å². The van der Waals surface area contributed by atoms with E-state index in [9.17, 15) is 9.59 Å². The molecule has 172 valence electrons. The third-order valence-electron chi connectivity index (χ3n) is 6.98. The van der Waals surface area contributed by atoms with E-state index in [1.807, 2.05) is 24.0 Å². The van der Waals surface area contributed by atoms with Gasteiger partial charge < -0.3 is 24.4 Å². The molecule has 0 radical (unpaired) electrons. The lowest BCUT2D eigenvalue weighted by atomic mass is 9.96. The van der Waals surface area contributed by atoms with Crippen LogP contribution in [0.2, 0.25) is 0 Å². The summed E-state index contributed by atoms with van der Waals surface area (Å²) in [5.41, 5.74) is 3.30. The number of amides is 2. The Balaban J connectivity index is 1.21. The third-order valence-corrected chi connectivity index (χ3v) is 6.98. The molecule has 8 nitrogen and oxygen atoms in total. The largest absolute Gasteiger partial charge is 0.490 e. The highest BCUT2D eigenvalue weighted by Gasteiger charge is 2.42. The molecule has 2 aromatic rings. The van der Waals surface area contributed by atoms with Gasteiger partial charge in [0, 0.05) is 25.1 Å². The number of fused-ring (bicyclic) bond motifs is 3. The maximum absolute atomic E-state index is 13.6. The summed E-state index contributed by atoms with van der Waals surface area (Å²) in [5.74, 6) is 1.62. The molecule has 1 aliphatic carbocycles. The molecule has 0 unspecified atom stereocenters. The highest BCUT2D eigenvalue weighted by atomic mass is 16.5. The molecule has 1 saturated heterocycles. The van der Waals surface area contributed by atoms with E-state index in [2.05, 4.69) is 10.3 Å². The van der Waals surface area contributed by atoms with E-state index in [1.54, 1.807) is 12.3 Å². The molecule has 1 N–H and O–H groups in total. The number of aromatic nitrogens is 1. The van der Waals surface area contributed by atoms with Gasteiger partial charge in [-0.05, 0) is 55.9 Å². The molecular weight excluding hydrogens is 422 g/mol. The molecule has 0 bridgehead atoms. The van der Waals surface area contributed by atoms with Crippen LogP contribution in [0.4, 0.5) is 5.69 Å². The van der Waals surface area contributed by atoms with Crippen molar-refractivity contribution in [1.82, 2.24) is 9.88 Å². The first-order valence-electron chi connectivity index (χ1n) is 11.7. The van der Waals surface area contributed by atoms with E-state index in [0.29, 0.717) is 55.4 Å². The quantitative estimate of drug-likeness (QED) is 0.771. The monoisotopic (exact) mass is 449 g/mol. The summed E-state index contributed by atoms with van der Waals surface area (Å²) in [6.07, 6.45) is 6.76. The van der Waals surface area contributed by atoms with Crippen LogP contribution >= 0.6 is 0 Å². The Morgan fingerprint density at radius 1 is 1.12 bits per heavy atom. The second kappa shape index (κ2) is 7.93. The maximum atomic E-state index is 13.6. The first-order valence-corrected chi connectivity index (χ1v) is 11.7. The zero-order valence-electron chi connectivity index (χ0n) is 18.6. The number of hydrogen-bond donors (Lipinski definition) is 1. The average Bonchev–Trinajstić information content (AvgIpc) is 3.11. The highest BCUT2D eigenvalue weighted by molar-refractivity contribution is 6.00. The molecule has 0 spiro atoms. The fourth-order valence-electron chi connectivity index (χ4n) is 4.98. The lowest BCUT2D eigenvalue weighted by Gasteiger charge is -2.28. The van der Waals surface area contributed by atoms with Gasteiger partial charge in [-0.1, -0.05) is 0 Å². The van der Waals surface area contributed by atoms with E-state index in [4.69, 9.17) is 14.2 Å². The molecule has 4 heterocycles. The van der Waals surface area contributed by atoms with Crippen molar-refractivity contribution >= 4 is 17.5 Å². The summed E-state index contributed by atoms with van der Waals surface area (Å²) in [6.45, 7) is 2.86. The first kappa shape index (κ1) is 20.3. The highest BCUT2D eigenvalue weighted by Crippen LogP contribution is 2.39. The number of nitrogens with one attached hydrogen (secondary N) is 1. The van der Waals surface area contributed by atoms with Gasteiger partial charge in [-0.15, -0.1) is 0 Å². The fraction of sp³-hybridized carbons (Fsp3) is 0.480. The van der Waals surface area contributed by atoms with Crippen LogP contribution in [0.25, 0.3) is 0 Å². The number of carbonyl (C=O) groups excluding carboxylic acids is 2. The van der Waals surface area contributed by atoms with E-state index >= 15 is 0 Å². The summed E-state index contributed by atoms with van der Waals surface area (Å²) in [4.78, 5) is 31.6. The smallest absolute Gasteiger partial charge is 0.261 e. The molecule has 3 aliphatic heterocycles. The predicted molar refractivity (Wildman–Crippen MR) is 120 cm³/mol. The number of carbonyl (C=O) groups is 2. The SMILES string of the molecule is Cc1cc2c(c(OC3CCC3)c1)C(=O)N1C[C@@H](Oc3cc4c(cn3)CCC(=O)N4)C[C@@H]1CO2. The first-order chi connectivity index (χ1) is 16.0. The Labute approximate surface area is 192 Å². The number of pyridine rings is 1. The molecule has 2 amide bonds. The molecule has 2 atom stereocenters. The van der Waals surface area contributed by atoms with E-state index in [0.717, 1.165) is 36.1 Å². The van der Waals surface area contributed by atoms with Crippen molar-refractivity contribution in [2.45, 2.75) is 63.7 Å². The van der Waals surface area contributed by atoms with Gasteiger partial charge in [0.2, 0.25) is 11.8 Å². The van der Waals surface area contributed by atoms with Crippen molar-refractivity contribution < 1.29 is 23.8 Å². The van der Waals surface area contributed by atoms with Gasteiger partial charge in [0.1, 0.15) is 29.8 Å². The topological polar surface area (TPSA) is 90.0 Å². The normalized spacial score (nSPS) is 24.0. The van der Waals surface area contributed by atoms with E-state index in [1.165, 1.54) is 0 Å². The Morgan fingerprint density at radius 2 is 2.00 bits per heavy atom. The van der Waals surface area contributed by atoms with E-state index < -0.39 is 0 Å². The van der Waals surface area contributed by atoms with Gasteiger partial charge in [-0.25, -0.2) is 4.98 Å². The minimum atomic E-state index is -0.199. The number of aryl methyl sites for hydroxylation is 2. The van der Waals surface area contributed by atoms with Gasteiger partial charge in [0.05, 0.1) is 24.4 Å². The zero-order valence-corrected chi connectivity index (χ0v) is 18.6. The molecule has 1 aromatic heterocycles. The number of benzene rings is 1. The molecule has 8 heteroatoms. The molecule has 6 rings (SSSR count). The molecule has 33 heavy (non-hydrogen) atoms. The molecule has 1 saturated carbocycles. The van der Waals surface area contributed by atoms with Crippen molar-refractivity contribution in [2.24, 2.45) is 0 Å². The van der Waals surface area contributed by atoms with Crippen LogP contribution in [0, 0.1) is 6.92 Å². The van der Waals surface area contributed by atoms with Gasteiger partial charge in [0.25, 0.3) is 5.91 Å². The van der Waals surface area contributed by atoms with Crippen LogP contribution in [0.1, 0.15) is 53.6 Å². The average molecular weight is 450 g/mol. The summed E-state index contributed by atoms with van der Waals surface area (Å²) in [6, 6.07) is 5.55. The number of rotatable bonds is 4. The third kappa shape index (κ3) is 3.77. The molecule has 4 aliphatic rings. The summed E-state index contributed by atoms with van der Waals surface area (Å²) in [5, 5.41) is 2.88. The van der Waals surface area contributed by atoms with Crippen LogP contribution in [0.15, 0.2) is 24.4 Å². The molecule has 1 aromatic carbocycles. The summed E-state index contributed by atoms with van der Waals surface area (Å²) >= 11 is 0.